The summed E-state index contributed by atoms with van der Waals surface area (Å²) in [5.41, 5.74) is 1.09. The van der Waals surface area contributed by atoms with Crippen LogP contribution in [0.4, 0.5) is 0 Å². The van der Waals surface area contributed by atoms with Gasteiger partial charge in [0.2, 0.25) is 0 Å². The van der Waals surface area contributed by atoms with Gasteiger partial charge in [-0.1, -0.05) is 34.1 Å². The van der Waals surface area contributed by atoms with Crippen LogP contribution < -0.4 is 5.32 Å². The molecule has 14 heavy (non-hydrogen) atoms. The monoisotopic (exact) mass is 253 g/mol. The number of carbonyl (C=O) groups is 1. The van der Waals surface area contributed by atoms with Crippen molar-refractivity contribution in [3.8, 4) is 0 Å². The molecule has 1 heterocycles. The van der Waals surface area contributed by atoms with Gasteiger partial charge in [0.25, 0.3) is 0 Å². The van der Waals surface area contributed by atoms with Crippen LogP contribution in [0.3, 0.4) is 0 Å². The minimum Gasteiger partial charge on any atom is -0.315 e. The average molecular weight is 254 g/mol. The van der Waals surface area contributed by atoms with Gasteiger partial charge in [-0.15, -0.1) is 0 Å². The lowest BCUT2D eigenvalue weighted by molar-refractivity contribution is -0.123. The molecular weight excluding hydrogens is 242 g/mol. The first-order chi connectivity index (χ1) is 6.77. The normalized spacial score (nSPS) is 16.4. The molecule has 1 N–H and O–H groups in total. The fraction of sp³-hybridized carbons (Fsp3) is 0.364. The van der Waals surface area contributed by atoms with Crippen molar-refractivity contribution < 1.29 is 4.79 Å². The molecule has 1 aliphatic heterocycles. The minimum absolute atomic E-state index is 0.238. The summed E-state index contributed by atoms with van der Waals surface area (Å²) in [7, 11) is 0. The van der Waals surface area contributed by atoms with Crippen LogP contribution >= 0.6 is 15.9 Å². The maximum absolute atomic E-state index is 11.7. The average Bonchev–Trinajstić information content (AvgIpc) is 2.05. The molecule has 1 fully saturated rings. The van der Waals surface area contributed by atoms with Crippen LogP contribution in [0.2, 0.25) is 0 Å². The molecule has 0 bridgehead atoms. The second kappa shape index (κ2) is 4.24. The zero-order valence-electron chi connectivity index (χ0n) is 7.79. The Morgan fingerprint density at radius 1 is 1.43 bits per heavy atom. The number of ketones is 1. The Morgan fingerprint density at radius 3 is 2.71 bits per heavy atom. The van der Waals surface area contributed by atoms with Gasteiger partial charge in [-0.2, -0.15) is 0 Å². The number of carbonyl (C=O) groups excluding carboxylic acids is 1. The van der Waals surface area contributed by atoms with Crippen molar-refractivity contribution >= 4 is 21.7 Å². The first-order valence-corrected chi connectivity index (χ1v) is 5.53. The summed E-state index contributed by atoms with van der Waals surface area (Å²) in [5.74, 6) is 0.581. The molecule has 0 spiro atoms. The van der Waals surface area contributed by atoms with Gasteiger partial charge in [0.1, 0.15) is 5.78 Å². The zero-order chi connectivity index (χ0) is 9.97. The summed E-state index contributed by atoms with van der Waals surface area (Å²) in [6, 6.07) is 7.89. The van der Waals surface area contributed by atoms with Crippen molar-refractivity contribution in [1.29, 1.82) is 0 Å². The molecule has 0 atom stereocenters. The molecule has 1 aromatic carbocycles. The van der Waals surface area contributed by atoms with Crippen LogP contribution in [0.15, 0.2) is 28.7 Å². The molecule has 3 heteroatoms. The Balaban J connectivity index is 2.03. The van der Waals surface area contributed by atoms with Crippen molar-refractivity contribution in [3.05, 3.63) is 34.3 Å². The lowest BCUT2D eigenvalue weighted by Gasteiger charge is -2.25. The van der Waals surface area contributed by atoms with E-state index in [2.05, 4.69) is 21.2 Å². The van der Waals surface area contributed by atoms with E-state index in [0.29, 0.717) is 12.2 Å². The quantitative estimate of drug-likeness (QED) is 0.890. The second-order valence-electron chi connectivity index (χ2n) is 3.59. The highest BCUT2D eigenvalue weighted by atomic mass is 79.9. The third-order valence-corrected chi connectivity index (χ3v) is 3.33. The third kappa shape index (κ3) is 2.04. The van der Waals surface area contributed by atoms with E-state index < -0.39 is 0 Å². The maximum Gasteiger partial charge on any atom is 0.142 e. The molecule has 1 aliphatic rings. The predicted octanol–water partition coefficient (Wildman–Crippen LogP) is 1.78. The summed E-state index contributed by atoms with van der Waals surface area (Å²) >= 11 is 3.45. The first kappa shape index (κ1) is 9.87. The molecule has 0 saturated carbocycles. The van der Waals surface area contributed by atoms with Crippen molar-refractivity contribution in [3.63, 3.8) is 0 Å². The van der Waals surface area contributed by atoms with E-state index in [9.17, 15) is 4.79 Å². The smallest absolute Gasteiger partial charge is 0.142 e. The number of Topliss-reactive ketones (excluding diaryl/α,β-unsaturated/α-hetero) is 1. The van der Waals surface area contributed by atoms with Crippen molar-refractivity contribution in [2.24, 2.45) is 5.92 Å². The highest BCUT2D eigenvalue weighted by Gasteiger charge is 2.24. The second-order valence-corrected chi connectivity index (χ2v) is 4.44. The number of nitrogens with one attached hydrogen (secondary N) is 1. The van der Waals surface area contributed by atoms with Crippen LogP contribution in [0.1, 0.15) is 5.56 Å². The number of hydrogen-bond donors (Lipinski definition) is 1. The van der Waals surface area contributed by atoms with Gasteiger partial charge in [-0.05, 0) is 11.6 Å². The van der Waals surface area contributed by atoms with Crippen LogP contribution in [0, 0.1) is 5.92 Å². The van der Waals surface area contributed by atoms with Crippen LogP contribution in [0.25, 0.3) is 0 Å². The minimum atomic E-state index is 0.238. The molecule has 1 saturated heterocycles. The van der Waals surface area contributed by atoms with E-state index in [0.717, 1.165) is 23.1 Å². The molecule has 0 amide bonds. The standard InChI is InChI=1S/C11H12BrNO/c12-10-4-2-1-3-8(10)5-11(14)9-6-13-7-9/h1-4,9,13H,5-7H2. The molecule has 0 unspecified atom stereocenters. The largest absolute Gasteiger partial charge is 0.315 e. The van der Waals surface area contributed by atoms with Crippen molar-refractivity contribution in [1.82, 2.24) is 5.32 Å². The van der Waals surface area contributed by atoms with Gasteiger partial charge in [-0.3, -0.25) is 4.79 Å². The fourth-order valence-electron chi connectivity index (χ4n) is 1.49. The van der Waals surface area contributed by atoms with Crippen LogP contribution in [-0.2, 0) is 11.2 Å². The molecule has 2 rings (SSSR count). The zero-order valence-corrected chi connectivity index (χ0v) is 9.38. The van der Waals surface area contributed by atoms with E-state index >= 15 is 0 Å². The van der Waals surface area contributed by atoms with Gasteiger partial charge in [0, 0.05) is 29.9 Å². The topological polar surface area (TPSA) is 29.1 Å². The highest BCUT2D eigenvalue weighted by molar-refractivity contribution is 9.10. The van der Waals surface area contributed by atoms with E-state index in [1.807, 2.05) is 24.3 Å². The molecule has 0 radical (unpaired) electrons. The van der Waals surface area contributed by atoms with Crippen LogP contribution in [-0.4, -0.2) is 18.9 Å². The summed E-state index contributed by atoms with van der Waals surface area (Å²) in [5, 5.41) is 3.11. The molecular formula is C11H12BrNO. The molecule has 1 aromatic rings. The molecule has 0 aliphatic carbocycles. The SMILES string of the molecule is O=C(Cc1ccccc1Br)C1CNC1. The predicted molar refractivity (Wildman–Crippen MR) is 59.2 cm³/mol. The number of rotatable bonds is 3. The van der Waals surface area contributed by atoms with Gasteiger partial charge in [0.05, 0.1) is 0 Å². The fourth-order valence-corrected chi connectivity index (χ4v) is 1.92. The summed E-state index contributed by atoms with van der Waals surface area (Å²) in [6.07, 6.45) is 0.549. The van der Waals surface area contributed by atoms with E-state index in [4.69, 9.17) is 0 Å². The number of benzene rings is 1. The Hall–Kier alpha value is -0.670. The highest BCUT2D eigenvalue weighted by Crippen LogP contribution is 2.18. The maximum atomic E-state index is 11.7. The van der Waals surface area contributed by atoms with Gasteiger partial charge >= 0.3 is 0 Å². The van der Waals surface area contributed by atoms with Gasteiger partial charge in [-0.25, -0.2) is 0 Å². The summed E-state index contributed by atoms with van der Waals surface area (Å²) in [6.45, 7) is 1.70. The van der Waals surface area contributed by atoms with E-state index in [-0.39, 0.29) is 5.92 Å². The lowest BCUT2D eigenvalue weighted by Crippen LogP contribution is -2.47. The lowest BCUT2D eigenvalue weighted by atomic mass is 9.93. The Morgan fingerprint density at radius 2 is 2.14 bits per heavy atom. The first-order valence-electron chi connectivity index (χ1n) is 4.74. The Kier molecular flexibility index (Phi) is 2.99. The number of hydrogen-bond acceptors (Lipinski definition) is 2. The third-order valence-electron chi connectivity index (χ3n) is 2.56. The Labute approximate surface area is 91.8 Å². The van der Waals surface area contributed by atoms with Crippen molar-refractivity contribution in [2.75, 3.05) is 13.1 Å². The van der Waals surface area contributed by atoms with Gasteiger partial charge < -0.3 is 5.32 Å². The van der Waals surface area contributed by atoms with E-state index in [1.165, 1.54) is 0 Å². The number of halogens is 1. The molecule has 2 nitrogen and oxygen atoms in total. The van der Waals surface area contributed by atoms with Gasteiger partial charge in [0.15, 0.2) is 0 Å². The van der Waals surface area contributed by atoms with Crippen molar-refractivity contribution in [2.45, 2.75) is 6.42 Å². The van der Waals surface area contributed by atoms with E-state index in [1.54, 1.807) is 0 Å². The Bertz CT molecular complexity index is 347. The molecule has 0 aromatic heterocycles. The molecule has 74 valence electrons. The summed E-state index contributed by atoms with van der Waals surface area (Å²) < 4.78 is 1.03. The van der Waals surface area contributed by atoms with Crippen LogP contribution in [0.5, 0.6) is 0 Å². The summed E-state index contributed by atoms with van der Waals surface area (Å²) in [4.78, 5) is 11.7.